The number of anilines is 1. The van der Waals surface area contributed by atoms with E-state index in [9.17, 15) is 9.90 Å². The van der Waals surface area contributed by atoms with Gasteiger partial charge in [-0.2, -0.15) is 0 Å². The summed E-state index contributed by atoms with van der Waals surface area (Å²) in [7, 11) is 0. The first-order chi connectivity index (χ1) is 9.17. The quantitative estimate of drug-likeness (QED) is 0.570. The first-order valence-corrected chi connectivity index (χ1v) is 6.21. The van der Waals surface area contributed by atoms with Gasteiger partial charge in [0.2, 0.25) is 0 Å². The number of aromatic nitrogens is 1. The van der Waals surface area contributed by atoms with Crippen molar-refractivity contribution in [2.24, 2.45) is 0 Å². The number of hydrogen-bond donors (Lipinski definition) is 3. The molecule has 1 aromatic heterocycles. The molecule has 0 fully saturated rings. The molecule has 4 heteroatoms. The summed E-state index contributed by atoms with van der Waals surface area (Å²) in [6, 6.07) is 8.81. The van der Waals surface area contributed by atoms with E-state index in [1.807, 2.05) is 12.1 Å². The number of carbonyl (C=O) groups is 1. The summed E-state index contributed by atoms with van der Waals surface area (Å²) < 4.78 is 0. The van der Waals surface area contributed by atoms with Crippen molar-refractivity contribution in [3.63, 3.8) is 0 Å². The fraction of sp³-hybridized carbons (Fsp3) is 0.133. The molecule has 3 N–H and O–H groups in total. The van der Waals surface area contributed by atoms with Gasteiger partial charge < -0.3 is 15.4 Å². The predicted octanol–water partition coefficient (Wildman–Crippen LogP) is 2.78. The fourth-order valence-electron chi connectivity index (χ4n) is 2.22. The second-order valence-corrected chi connectivity index (χ2v) is 4.53. The number of phenolic OH excluding ortho intramolecular Hbond substituents is 1. The van der Waals surface area contributed by atoms with Gasteiger partial charge in [0.1, 0.15) is 5.75 Å². The monoisotopic (exact) mass is 254 g/mol. The average molecular weight is 254 g/mol. The first kappa shape index (κ1) is 11.6. The second-order valence-electron chi connectivity index (χ2n) is 4.53. The molecule has 19 heavy (non-hydrogen) atoms. The Morgan fingerprint density at radius 3 is 2.84 bits per heavy atom. The minimum atomic E-state index is -0.145. The number of benzene rings is 1. The maximum atomic E-state index is 11.9. The highest BCUT2D eigenvalue weighted by molar-refractivity contribution is 6.34. The van der Waals surface area contributed by atoms with Crippen LogP contribution < -0.4 is 5.32 Å². The van der Waals surface area contributed by atoms with Crippen LogP contribution in [0.15, 0.2) is 30.3 Å². The molecule has 0 unspecified atom stereocenters. The molecule has 4 nitrogen and oxygen atoms in total. The average Bonchev–Trinajstić information content (AvgIpc) is 2.96. The van der Waals surface area contributed by atoms with Gasteiger partial charge >= 0.3 is 0 Å². The van der Waals surface area contributed by atoms with Crippen LogP contribution in [0.4, 0.5) is 5.69 Å². The van der Waals surface area contributed by atoms with Crippen molar-refractivity contribution in [3.05, 3.63) is 47.3 Å². The molecule has 1 aliphatic rings. The summed E-state index contributed by atoms with van der Waals surface area (Å²) in [5, 5.41) is 12.3. The lowest BCUT2D eigenvalue weighted by atomic mass is 10.1. The van der Waals surface area contributed by atoms with Crippen molar-refractivity contribution in [2.75, 3.05) is 5.32 Å². The van der Waals surface area contributed by atoms with E-state index in [4.69, 9.17) is 0 Å². The molecule has 0 saturated carbocycles. The molecule has 0 saturated heterocycles. The first-order valence-electron chi connectivity index (χ1n) is 6.21. The van der Waals surface area contributed by atoms with Gasteiger partial charge in [-0.15, -0.1) is 0 Å². The van der Waals surface area contributed by atoms with Gasteiger partial charge in [-0.3, -0.25) is 4.79 Å². The molecular formula is C15H14N2O2. The number of nitrogens with one attached hydrogen (secondary N) is 2. The minimum Gasteiger partial charge on any atom is -0.508 e. The van der Waals surface area contributed by atoms with Crippen LogP contribution in [0.5, 0.6) is 5.75 Å². The van der Waals surface area contributed by atoms with Gasteiger partial charge in [0.25, 0.3) is 5.91 Å². The number of carbonyl (C=O) groups excluding carboxylic acids is 1. The molecule has 2 aromatic rings. The van der Waals surface area contributed by atoms with Gasteiger partial charge in [0.05, 0.1) is 5.57 Å². The molecule has 96 valence electrons. The zero-order valence-corrected chi connectivity index (χ0v) is 10.5. The maximum absolute atomic E-state index is 11.9. The standard InChI is InChI=1S/C15H14N2O2/c1-2-9-3-4-10(16-9)7-13-12-8-11(18)5-6-14(12)17-15(13)19/h3-8,16,18H,2H2,1H3,(H,17,19). The van der Waals surface area contributed by atoms with Crippen LogP contribution in [-0.4, -0.2) is 16.0 Å². The van der Waals surface area contributed by atoms with Crippen LogP contribution in [-0.2, 0) is 11.2 Å². The Labute approximate surface area is 110 Å². The van der Waals surface area contributed by atoms with Gasteiger partial charge in [-0.05, 0) is 42.8 Å². The van der Waals surface area contributed by atoms with Gasteiger partial charge in [-0.25, -0.2) is 0 Å². The highest BCUT2D eigenvalue weighted by atomic mass is 16.3. The summed E-state index contributed by atoms with van der Waals surface area (Å²) in [5.41, 5.74) is 4.05. The lowest BCUT2D eigenvalue weighted by Gasteiger charge is -1.99. The molecule has 2 heterocycles. The van der Waals surface area contributed by atoms with Crippen LogP contribution >= 0.6 is 0 Å². The van der Waals surface area contributed by atoms with E-state index in [0.717, 1.165) is 29.1 Å². The number of phenols is 1. The number of H-pyrrole nitrogens is 1. The lowest BCUT2D eigenvalue weighted by Crippen LogP contribution is -2.03. The van der Waals surface area contributed by atoms with Crippen LogP contribution in [0.3, 0.4) is 0 Å². The van der Waals surface area contributed by atoms with E-state index in [2.05, 4.69) is 17.2 Å². The Morgan fingerprint density at radius 2 is 2.11 bits per heavy atom. The number of hydrogen-bond acceptors (Lipinski definition) is 2. The number of rotatable bonds is 2. The Hall–Kier alpha value is -2.49. The Morgan fingerprint density at radius 1 is 1.26 bits per heavy atom. The number of aromatic amines is 1. The van der Waals surface area contributed by atoms with Crippen LogP contribution in [0.25, 0.3) is 11.6 Å². The third kappa shape index (κ3) is 2.01. The molecule has 0 radical (unpaired) electrons. The van der Waals surface area contributed by atoms with Crippen molar-refractivity contribution >= 4 is 23.2 Å². The Balaban J connectivity index is 2.06. The predicted molar refractivity (Wildman–Crippen MR) is 74.8 cm³/mol. The number of aromatic hydroxyl groups is 1. The largest absolute Gasteiger partial charge is 0.508 e. The molecule has 1 amide bonds. The SMILES string of the molecule is CCc1ccc(C=C2C(=O)Nc3ccc(O)cc32)[nH]1. The summed E-state index contributed by atoms with van der Waals surface area (Å²) in [5.74, 6) is 0.00938. The smallest absolute Gasteiger partial charge is 0.256 e. The minimum absolute atomic E-state index is 0.145. The van der Waals surface area contributed by atoms with Crippen molar-refractivity contribution in [3.8, 4) is 5.75 Å². The topological polar surface area (TPSA) is 65.1 Å². The Kier molecular flexibility index (Phi) is 2.63. The third-order valence-corrected chi connectivity index (χ3v) is 3.24. The molecule has 3 rings (SSSR count). The lowest BCUT2D eigenvalue weighted by molar-refractivity contribution is -0.110. The van der Waals surface area contributed by atoms with E-state index in [-0.39, 0.29) is 11.7 Å². The molecule has 0 spiro atoms. The molecule has 0 atom stereocenters. The van der Waals surface area contributed by atoms with Crippen LogP contribution in [0, 0.1) is 0 Å². The number of aryl methyl sites for hydroxylation is 1. The van der Waals surface area contributed by atoms with Crippen molar-refractivity contribution < 1.29 is 9.90 Å². The normalized spacial score (nSPS) is 15.6. The number of amides is 1. The van der Waals surface area contributed by atoms with Gasteiger partial charge in [0, 0.05) is 22.6 Å². The van der Waals surface area contributed by atoms with Gasteiger partial charge in [0.15, 0.2) is 0 Å². The molecule has 1 aliphatic heterocycles. The van der Waals surface area contributed by atoms with Crippen molar-refractivity contribution in [1.29, 1.82) is 0 Å². The van der Waals surface area contributed by atoms with Gasteiger partial charge in [-0.1, -0.05) is 6.92 Å². The highest BCUT2D eigenvalue weighted by Gasteiger charge is 2.24. The maximum Gasteiger partial charge on any atom is 0.256 e. The van der Waals surface area contributed by atoms with E-state index in [1.54, 1.807) is 24.3 Å². The molecular weight excluding hydrogens is 240 g/mol. The molecule has 0 aliphatic carbocycles. The van der Waals surface area contributed by atoms with Crippen molar-refractivity contribution in [2.45, 2.75) is 13.3 Å². The van der Waals surface area contributed by atoms with Crippen LogP contribution in [0.2, 0.25) is 0 Å². The zero-order chi connectivity index (χ0) is 13.4. The van der Waals surface area contributed by atoms with E-state index in [1.165, 1.54) is 0 Å². The molecule has 1 aromatic carbocycles. The van der Waals surface area contributed by atoms with E-state index in [0.29, 0.717) is 5.57 Å². The second kappa shape index (κ2) is 4.31. The number of fused-ring (bicyclic) bond motifs is 1. The fourth-order valence-corrected chi connectivity index (χ4v) is 2.22. The summed E-state index contributed by atoms with van der Waals surface area (Å²) in [6.45, 7) is 2.07. The Bertz CT molecular complexity index is 683. The van der Waals surface area contributed by atoms with Crippen LogP contribution in [0.1, 0.15) is 23.9 Å². The summed E-state index contributed by atoms with van der Waals surface area (Å²) >= 11 is 0. The summed E-state index contributed by atoms with van der Waals surface area (Å²) in [6.07, 6.45) is 2.73. The summed E-state index contributed by atoms with van der Waals surface area (Å²) in [4.78, 5) is 15.2. The van der Waals surface area contributed by atoms with E-state index < -0.39 is 0 Å². The third-order valence-electron chi connectivity index (χ3n) is 3.24. The van der Waals surface area contributed by atoms with E-state index >= 15 is 0 Å². The highest BCUT2D eigenvalue weighted by Crippen LogP contribution is 2.35. The molecule has 0 bridgehead atoms. The van der Waals surface area contributed by atoms with Crippen molar-refractivity contribution in [1.82, 2.24) is 4.98 Å². The zero-order valence-electron chi connectivity index (χ0n) is 10.5.